The minimum atomic E-state index is -0.112. The molecule has 0 spiro atoms. The Morgan fingerprint density at radius 2 is 1.81 bits per heavy atom. The molecule has 0 aliphatic rings. The first kappa shape index (κ1) is 18.0. The van der Waals surface area contributed by atoms with E-state index >= 15 is 0 Å². The summed E-state index contributed by atoms with van der Waals surface area (Å²) < 4.78 is 1.42. The first-order valence-corrected chi connectivity index (χ1v) is 9.34. The van der Waals surface area contributed by atoms with Crippen LogP contribution in [0.2, 0.25) is 0 Å². The number of aromatic nitrogens is 3. The molecule has 3 rings (SSSR count). The van der Waals surface area contributed by atoms with Gasteiger partial charge in [-0.2, -0.15) is 0 Å². The van der Waals surface area contributed by atoms with Crippen molar-refractivity contribution in [3.8, 4) is 11.4 Å². The molecule has 134 valence electrons. The maximum Gasteiger partial charge on any atom is 0.234 e. The third-order valence-electron chi connectivity index (χ3n) is 3.95. The van der Waals surface area contributed by atoms with E-state index in [4.69, 9.17) is 5.84 Å². The van der Waals surface area contributed by atoms with Crippen molar-refractivity contribution in [2.75, 3.05) is 16.9 Å². The number of aryl methyl sites for hydroxylation is 2. The highest BCUT2D eigenvalue weighted by molar-refractivity contribution is 7.99. The number of nitrogen functional groups attached to an aromatic ring is 1. The van der Waals surface area contributed by atoms with Crippen LogP contribution in [-0.4, -0.2) is 26.5 Å². The van der Waals surface area contributed by atoms with Crippen molar-refractivity contribution in [3.63, 3.8) is 0 Å². The number of thioether (sulfide) groups is 1. The molecule has 7 heteroatoms. The van der Waals surface area contributed by atoms with Crippen LogP contribution in [0.5, 0.6) is 0 Å². The van der Waals surface area contributed by atoms with Crippen LogP contribution >= 0.6 is 11.8 Å². The Morgan fingerprint density at radius 1 is 1.12 bits per heavy atom. The van der Waals surface area contributed by atoms with Crippen molar-refractivity contribution in [2.45, 2.75) is 25.4 Å². The summed E-state index contributed by atoms with van der Waals surface area (Å²) in [7, 11) is 0. The normalized spacial score (nSPS) is 10.7. The molecule has 0 aliphatic heterocycles. The molecule has 0 saturated carbocycles. The van der Waals surface area contributed by atoms with E-state index in [0.717, 1.165) is 23.2 Å². The predicted molar refractivity (Wildman–Crippen MR) is 106 cm³/mol. The lowest BCUT2D eigenvalue weighted by atomic mass is 10.1. The summed E-state index contributed by atoms with van der Waals surface area (Å²) in [6.07, 6.45) is 0.972. The first-order chi connectivity index (χ1) is 12.6. The van der Waals surface area contributed by atoms with Crippen molar-refractivity contribution in [2.24, 2.45) is 0 Å². The van der Waals surface area contributed by atoms with E-state index in [-0.39, 0.29) is 11.7 Å². The van der Waals surface area contributed by atoms with Gasteiger partial charge in [0.2, 0.25) is 11.1 Å². The lowest BCUT2D eigenvalue weighted by Crippen LogP contribution is -2.16. The summed E-state index contributed by atoms with van der Waals surface area (Å²) in [5, 5.41) is 11.6. The topological polar surface area (TPSA) is 85.8 Å². The molecule has 0 bridgehead atoms. The molecule has 0 fully saturated rings. The number of hydrogen-bond acceptors (Lipinski definition) is 5. The second kappa shape index (κ2) is 8.05. The van der Waals surface area contributed by atoms with Gasteiger partial charge >= 0.3 is 0 Å². The van der Waals surface area contributed by atoms with E-state index in [1.807, 2.05) is 55.5 Å². The quantitative estimate of drug-likeness (QED) is 0.516. The van der Waals surface area contributed by atoms with Crippen LogP contribution in [0.3, 0.4) is 0 Å². The molecular weight excluding hydrogens is 346 g/mol. The fraction of sp³-hybridized carbons (Fsp3) is 0.211. The highest BCUT2D eigenvalue weighted by Gasteiger charge is 2.13. The number of anilines is 1. The highest BCUT2D eigenvalue weighted by atomic mass is 32.2. The predicted octanol–water partition coefficient (Wildman–Crippen LogP) is 3.26. The number of carbonyl (C=O) groups excluding carboxylic acids is 1. The summed E-state index contributed by atoms with van der Waals surface area (Å²) in [4.78, 5) is 12.1. The molecule has 1 amide bonds. The number of hydrogen-bond donors (Lipinski definition) is 2. The Kier molecular flexibility index (Phi) is 5.58. The number of rotatable bonds is 6. The van der Waals surface area contributed by atoms with Crippen molar-refractivity contribution in [1.29, 1.82) is 0 Å². The Bertz CT molecular complexity index is 887. The maximum absolute atomic E-state index is 12.1. The molecule has 0 radical (unpaired) electrons. The van der Waals surface area contributed by atoms with Crippen LogP contribution in [0.15, 0.2) is 53.7 Å². The number of nitrogens with one attached hydrogen (secondary N) is 1. The van der Waals surface area contributed by atoms with Crippen LogP contribution in [0.4, 0.5) is 5.69 Å². The van der Waals surface area contributed by atoms with Gasteiger partial charge in [0.1, 0.15) is 0 Å². The van der Waals surface area contributed by atoms with Gasteiger partial charge in [-0.15, -0.1) is 10.2 Å². The number of benzene rings is 2. The van der Waals surface area contributed by atoms with Gasteiger partial charge in [-0.1, -0.05) is 60.6 Å². The first-order valence-electron chi connectivity index (χ1n) is 8.36. The van der Waals surface area contributed by atoms with Crippen LogP contribution < -0.4 is 11.2 Å². The zero-order valence-electron chi connectivity index (χ0n) is 14.8. The van der Waals surface area contributed by atoms with Gasteiger partial charge in [-0.05, 0) is 31.0 Å². The summed E-state index contributed by atoms with van der Waals surface area (Å²) in [6.45, 7) is 4.12. The number of amides is 1. The molecule has 6 nitrogen and oxygen atoms in total. The Labute approximate surface area is 156 Å². The van der Waals surface area contributed by atoms with Gasteiger partial charge in [0.25, 0.3) is 0 Å². The number of nitrogens with two attached hydrogens (primary N) is 1. The second-order valence-corrected chi connectivity index (χ2v) is 6.87. The Hall–Kier alpha value is -2.80. The summed E-state index contributed by atoms with van der Waals surface area (Å²) in [5.74, 6) is 6.75. The summed E-state index contributed by atoms with van der Waals surface area (Å²) >= 11 is 1.25. The van der Waals surface area contributed by atoms with Crippen molar-refractivity contribution >= 4 is 23.4 Å². The van der Waals surface area contributed by atoms with E-state index in [2.05, 4.69) is 22.4 Å². The van der Waals surface area contributed by atoms with E-state index in [0.29, 0.717) is 11.0 Å². The SMILES string of the molecule is CCc1ccc(NC(=O)CSc2nnc(-c3ccc(C)cc3)n2N)cc1. The monoisotopic (exact) mass is 367 g/mol. The van der Waals surface area contributed by atoms with Gasteiger partial charge in [-0.25, -0.2) is 4.68 Å². The molecule has 1 heterocycles. The molecule has 0 atom stereocenters. The number of nitrogens with zero attached hydrogens (tertiary/aromatic N) is 3. The number of carbonyl (C=O) groups is 1. The minimum absolute atomic E-state index is 0.112. The van der Waals surface area contributed by atoms with E-state index in [9.17, 15) is 4.79 Å². The zero-order chi connectivity index (χ0) is 18.5. The fourth-order valence-corrected chi connectivity index (χ4v) is 3.08. The van der Waals surface area contributed by atoms with E-state index in [1.165, 1.54) is 22.0 Å². The average Bonchev–Trinajstić information content (AvgIpc) is 3.02. The minimum Gasteiger partial charge on any atom is -0.335 e. The van der Waals surface area contributed by atoms with Gasteiger partial charge < -0.3 is 11.2 Å². The summed E-state index contributed by atoms with van der Waals surface area (Å²) in [5.41, 5.74) is 4.06. The van der Waals surface area contributed by atoms with Gasteiger partial charge in [0.05, 0.1) is 5.75 Å². The van der Waals surface area contributed by atoms with Crippen LogP contribution in [-0.2, 0) is 11.2 Å². The lowest BCUT2D eigenvalue weighted by molar-refractivity contribution is -0.113. The van der Waals surface area contributed by atoms with Crippen LogP contribution in [0.25, 0.3) is 11.4 Å². The summed E-state index contributed by atoms with van der Waals surface area (Å²) in [6, 6.07) is 15.7. The molecule has 3 aromatic rings. The molecule has 0 saturated heterocycles. The van der Waals surface area contributed by atoms with Gasteiger partial charge in [-0.3, -0.25) is 4.79 Å². The Balaban J connectivity index is 1.60. The third-order valence-corrected chi connectivity index (χ3v) is 4.90. The fourth-order valence-electron chi connectivity index (χ4n) is 2.43. The smallest absolute Gasteiger partial charge is 0.234 e. The average molecular weight is 367 g/mol. The standard InChI is InChI=1S/C19H21N5OS/c1-3-14-6-10-16(11-7-14)21-17(25)12-26-19-23-22-18(24(19)20)15-8-4-13(2)5-9-15/h4-11H,3,12,20H2,1-2H3,(H,21,25). The molecule has 2 aromatic carbocycles. The molecule has 1 aromatic heterocycles. The molecular formula is C19H21N5OS. The Morgan fingerprint density at radius 3 is 2.46 bits per heavy atom. The van der Waals surface area contributed by atoms with E-state index < -0.39 is 0 Å². The van der Waals surface area contributed by atoms with Gasteiger partial charge in [0, 0.05) is 11.3 Å². The maximum atomic E-state index is 12.1. The molecule has 0 aliphatic carbocycles. The molecule has 26 heavy (non-hydrogen) atoms. The van der Waals surface area contributed by atoms with Crippen molar-refractivity contribution < 1.29 is 4.79 Å². The van der Waals surface area contributed by atoms with Crippen molar-refractivity contribution in [3.05, 3.63) is 59.7 Å². The van der Waals surface area contributed by atoms with Crippen LogP contribution in [0, 0.1) is 6.92 Å². The third kappa shape index (κ3) is 4.23. The van der Waals surface area contributed by atoms with Gasteiger partial charge in [0.15, 0.2) is 5.82 Å². The molecule has 0 unspecified atom stereocenters. The van der Waals surface area contributed by atoms with Crippen molar-refractivity contribution in [1.82, 2.24) is 14.9 Å². The largest absolute Gasteiger partial charge is 0.335 e. The second-order valence-electron chi connectivity index (χ2n) is 5.93. The zero-order valence-corrected chi connectivity index (χ0v) is 15.6. The molecule has 3 N–H and O–H groups in total. The lowest BCUT2D eigenvalue weighted by Gasteiger charge is -2.06. The van der Waals surface area contributed by atoms with Crippen LogP contribution in [0.1, 0.15) is 18.1 Å². The van der Waals surface area contributed by atoms with E-state index in [1.54, 1.807) is 0 Å². The highest BCUT2D eigenvalue weighted by Crippen LogP contribution is 2.22.